The Labute approximate surface area is 428 Å². The normalized spacial score (nSPS) is 18.2. The molecule has 7 aromatic carbocycles. The number of benzene rings is 7. The van der Waals surface area contributed by atoms with Crippen molar-refractivity contribution < 1.29 is 4.42 Å². The molecule has 0 bridgehead atoms. The SMILES string of the molecule is CC(C)(C)c1ccc(N2c3cc4oc5c(C(C)(C)C)cccc5c4cc3B3c4cc5c(cc4N(c4ccc6c(c4)C(C)(C)CCC6(C)C)c4cc(Cl)cc2c43)C(C)(C)CCC5(C)C)c(-c2ccccc2)c1. The summed E-state index contributed by atoms with van der Waals surface area (Å²) in [5.41, 5.74) is 23.4. The summed E-state index contributed by atoms with van der Waals surface area (Å²) in [7, 11) is 0. The molecule has 0 saturated heterocycles. The molecular formula is C66H70BClN2O. The molecule has 12 rings (SSSR count). The van der Waals surface area contributed by atoms with Crippen LogP contribution in [-0.4, -0.2) is 6.71 Å². The lowest BCUT2D eigenvalue weighted by molar-refractivity contribution is 0.332. The Morgan fingerprint density at radius 3 is 1.73 bits per heavy atom. The lowest BCUT2D eigenvalue weighted by atomic mass is 9.33. The summed E-state index contributed by atoms with van der Waals surface area (Å²) in [5, 5.41) is 3.03. The minimum absolute atomic E-state index is 0.00618. The van der Waals surface area contributed by atoms with Crippen molar-refractivity contribution in [3.63, 3.8) is 0 Å². The molecule has 0 atom stereocenters. The van der Waals surface area contributed by atoms with E-state index >= 15 is 0 Å². The van der Waals surface area contributed by atoms with Crippen LogP contribution in [0.1, 0.15) is 156 Å². The highest BCUT2D eigenvalue weighted by Gasteiger charge is 2.48. The van der Waals surface area contributed by atoms with Gasteiger partial charge in [-0.05, 0) is 150 Å². The van der Waals surface area contributed by atoms with E-state index in [1.807, 2.05) is 0 Å². The van der Waals surface area contributed by atoms with Gasteiger partial charge < -0.3 is 14.2 Å². The van der Waals surface area contributed by atoms with Crippen molar-refractivity contribution in [3.8, 4) is 11.1 Å². The molecule has 0 amide bonds. The van der Waals surface area contributed by atoms with Crippen molar-refractivity contribution in [2.24, 2.45) is 0 Å². The molecule has 3 nitrogen and oxygen atoms in total. The van der Waals surface area contributed by atoms with Crippen LogP contribution in [0, 0.1) is 0 Å². The van der Waals surface area contributed by atoms with E-state index in [4.69, 9.17) is 16.0 Å². The first-order valence-corrected chi connectivity index (χ1v) is 26.7. The summed E-state index contributed by atoms with van der Waals surface area (Å²) in [4.78, 5) is 5.15. The van der Waals surface area contributed by atoms with Crippen LogP contribution in [0.3, 0.4) is 0 Å². The average molecular weight is 954 g/mol. The summed E-state index contributed by atoms with van der Waals surface area (Å²) in [5.74, 6) is 0. The molecule has 0 saturated carbocycles. The number of halogens is 1. The molecule has 0 spiro atoms. The number of para-hydroxylation sites is 1. The third-order valence-electron chi connectivity index (χ3n) is 17.7. The number of furan rings is 1. The minimum Gasteiger partial charge on any atom is -0.456 e. The fourth-order valence-electron chi connectivity index (χ4n) is 13.2. The molecular weight excluding hydrogens is 883 g/mol. The van der Waals surface area contributed by atoms with Gasteiger partial charge in [-0.2, -0.15) is 0 Å². The zero-order valence-corrected chi connectivity index (χ0v) is 45.4. The van der Waals surface area contributed by atoms with E-state index in [2.05, 4.69) is 228 Å². The molecule has 0 unspecified atom stereocenters. The summed E-state index contributed by atoms with van der Waals surface area (Å²) >= 11 is 7.67. The van der Waals surface area contributed by atoms with Crippen LogP contribution in [0.5, 0.6) is 0 Å². The van der Waals surface area contributed by atoms with Gasteiger partial charge in [0.15, 0.2) is 0 Å². The predicted octanol–water partition coefficient (Wildman–Crippen LogP) is 17.3. The van der Waals surface area contributed by atoms with Gasteiger partial charge in [-0.25, -0.2) is 0 Å². The molecule has 71 heavy (non-hydrogen) atoms. The van der Waals surface area contributed by atoms with Gasteiger partial charge in [0.2, 0.25) is 0 Å². The summed E-state index contributed by atoms with van der Waals surface area (Å²) in [6, 6.07) is 46.9. The maximum atomic E-state index is 7.67. The van der Waals surface area contributed by atoms with Gasteiger partial charge in [-0.15, -0.1) is 0 Å². The summed E-state index contributed by atoms with van der Waals surface area (Å²) in [6.45, 7) is 33.3. The molecule has 0 radical (unpaired) electrons. The molecule has 5 heteroatoms. The highest BCUT2D eigenvalue weighted by molar-refractivity contribution is 7.00. The maximum absolute atomic E-state index is 7.67. The van der Waals surface area contributed by atoms with E-state index in [0.29, 0.717) is 5.02 Å². The first-order chi connectivity index (χ1) is 33.3. The van der Waals surface area contributed by atoms with E-state index in [0.717, 1.165) is 64.0 Å². The zero-order chi connectivity index (χ0) is 50.1. The number of nitrogens with zero attached hydrogens (tertiary/aromatic N) is 2. The van der Waals surface area contributed by atoms with Crippen LogP contribution in [0.2, 0.25) is 5.02 Å². The lowest BCUT2D eigenvalue weighted by Crippen LogP contribution is -2.61. The van der Waals surface area contributed by atoms with E-state index in [1.54, 1.807) is 0 Å². The second kappa shape index (κ2) is 15.2. The zero-order valence-electron chi connectivity index (χ0n) is 44.6. The maximum Gasteiger partial charge on any atom is 0.252 e. The average Bonchev–Trinajstić information content (AvgIpc) is 3.68. The van der Waals surface area contributed by atoms with Crippen molar-refractivity contribution in [1.82, 2.24) is 0 Å². The second-order valence-electron chi connectivity index (χ2n) is 26.5. The third kappa shape index (κ3) is 7.04. The van der Waals surface area contributed by atoms with Gasteiger partial charge in [-0.3, -0.25) is 0 Å². The Morgan fingerprint density at radius 1 is 0.493 bits per heavy atom. The molecule has 0 fully saturated rings. The Kier molecular flexibility index (Phi) is 9.91. The van der Waals surface area contributed by atoms with Crippen LogP contribution in [0.15, 0.2) is 126 Å². The summed E-state index contributed by atoms with van der Waals surface area (Å²) in [6.07, 6.45) is 4.60. The van der Waals surface area contributed by atoms with E-state index in [9.17, 15) is 0 Å². The van der Waals surface area contributed by atoms with Crippen molar-refractivity contribution in [3.05, 3.63) is 160 Å². The molecule has 4 aliphatic rings. The van der Waals surface area contributed by atoms with Crippen LogP contribution in [0.25, 0.3) is 33.1 Å². The summed E-state index contributed by atoms with van der Waals surface area (Å²) < 4.78 is 7.14. The fourth-order valence-corrected chi connectivity index (χ4v) is 13.4. The number of anilines is 6. The van der Waals surface area contributed by atoms with Crippen LogP contribution in [0.4, 0.5) is 34.1 Å². The van der Waals surface area contributed by atoms with Gasteiger partial charge in [0.05, 0.1) is 5.69 Å². The smallest absolute Gasteiger partial charge is 0.252 e. The lowest BCUT2D eigenvalue weighted by Gasteiger charge is -2.48. The van der Waals surface area contributed by atoms with E-state index < -0.39 is 0 Å². The van der Waals surface area contributed by atoms with Crippen molar-refractivity contribution in [2.45, 2.75) is 155 Å². The van der Waals surface area contributed by atoms with Crippen LogP contribution in [-0.2, 0) is 32.5 Å². The fraction of sp³-hybridized carbons (Fsp3) is 0.364. The Morgan fingerprint density at radius 2 is 1.08 bits per heavy atom. The van der Waals surface area contributed by atoms with Gasteiger partial charge in [0, 0.05) is 61.4 Å². The quantitative estimate of drug-likeness (QED) is 0.165. The first-order valence-electron chi connectivity index (χ1n) is 26.3. The van der Waals surface area contributed by atoms with Crippen LogP contribution < -0.4 is 26.2 Å². The van der Waals surface area contributed by atoms with Gasteiger partial charge in [0.25, 0.3) is 6.71 Å². The molecule has 8 aromatic rings. The van der Waals surface area contributed by atoms with Crippen molar-refractivity contribution in [2.75, 3.05) is 9.80 Å². The second-order valence-corrected chi connectivity index (χ2v) is 26.9. The molecule has 0 N–H and O–H groups in total. The third-order valence-corrected chi connectivity index (χ3v) is 17.9. The topological polar surface area (TPSA) is 19.6 Å². The largest absolute Gasteiger partial charge is 0.456 e. The predicted molar refractivity (Wildman–Crippen MR) is 306 cm³/mol. The Bertz CT molecular complexity index is 3540. The van der Waals surface area contributed by atoms with Crippen LogP contribution >= 0.6 is 11.6 Å². The van der Waals surface area contributed by atoms with Gasteiger partial charge in [-0.1, -0.05) is 181 Å². The number of hydrogen-bond donors (Lipinski definition) is 0. The van der Waals surface area contributed by atoms with Gasteiger partial charge in [0.1, 0.15) is 11.2 Å². The monoisotopic (exact) mass is 953 g/mol. The molecule has 360 valence electrons. The molecule has 2 aliphatic heterocycles. The molecule has 3 heterocycles. The number of hydrogen-bond acceptors (Lipinski definition) is 3. The van der Waals surface area contributed by atoms with Crippen molar-refractivity contribution in [1.29, 1.82) is 0 Å². The molecule has 2 aliphatic carbocycles. The Balaban J connectivity index is 1.23. The highest BCUT2D eigenvalue weighted by atomic mass is 35.5. The number of fused-ring (bicyclic) bond motifs is 9. The van der Waals surface area contributed by atoms with E-state index in [-0.39, 0.29) is 39.2 Å². The van der Waals surface area contributed by atoms with E-state index in [1.165, 1.54) is 78.7 Å². The first kappa shape index (κ1) is 46.4. The Hall–Kier alpha value is -5.71. The van der Waals surface area contributed by atoms with Crippen molar-refractivity contribution >= 4 is 90.8 Å². The molecule has 1 aromatic heterocycles. The minimum atomic E-state index is -0.104. The number of rotatable bonds is 3. The standard InChI is InChI=1S/C66H70BClN2O/c1-61(2,3)40-23-26-53(44(31-40)39-19-16-15-17-20-39)70-55-38-58-45(43-21-18-22-47(60(43)71-58)62(4,5)6)35-51(55)67-52-36-49-50(66(13,14)30-29-65(49,11)12)37-54(52)69(56-32-41(68)33-57(70)59(56)67)42-24-25-46-48(34-42)64(9,10)28-27-63(46,7)8/h15-26,31-38H,27-30H2,1-14H3. The van der Waals surface area contributed by atoms with Gasteiger partial charge >= 0.3 is 0 Å². The highest BCUT2D eigenvalue weighted by Crippen LogP contribution is 2.54.